The topological polar surface area (TPSA) is 72.5 Å². The molecular weight excluding hydrogens is 242 g/mol. The van der Waals surface area contributed by atoms with Crippen molar-refractivity contribution in [1.29, 1.82) is 0 Å². The van der Waals surface area contributed by atoms with Crippen LogP contribution in [-0.2, 0) is 11.2 Å². The van der Waals surface area contributed by atoms with Gasteiger partial charge in [0.2, 0.25) is 0 Å². The Morgan fingerprint density at radius 1 is 1.47 bits per heavy atom. The van der Waals surface area contributed by atoms with Crippen LogP contribution in [0.1, 0.15) is 18.9 Å². The molecule has 1 unspecified atom stereocenters. The molecule has 17 heavy (non-hydrogen) atoms. The molecule has 4 nitrogen and oxygen atoms in total. The molecule has 1 rings (SSSR count). The lowest BCUT2D eigenvalue weighted by Gasteiger charge is -2.15. The second-order valence-electron chi connectivity index (χ2n) is 3.50. The fraction of sp³-hybridized carbons (Fsp3) is 0.417. The highest BCUT2D eigenvalue weighted by Crippen LogP contribution is 2.20. The Kier molecular flexibility index (Phi) is 7.34. The lowest BCUT2D eigenvalue weighted by Crippen LogP contribution is -2.26. The zero-order chi connectivity index (χ0) is 12.0. The molecule has 0 heterocycles. The maximum Gasteiger partial charge on any atom is 0.344 e. The number of halogens is 1. The third-order valence-corrected chi connectivity index (χ3v) is 2.30. The molecule has 0 aliphatic rings. The quantitative estimate of drug-likeness (QED) is 0.818. The molecule has 0 radical (unpaired) electrons. The van der Waals surface area contributed by atoms with E-state index in [0.717, 1.165) is 5.56 Å². The second kappa shape index (κ2) is 7.92. The van der Waals surface area contributed by atoms with Gasteiger partial charge in [-0.2, -0.15) is 0 Å². The first-order valence-electron chi connectivity index (χ1n) is 5.36. The predicted octanol–water partition coefficient (Wildman–Crippen LogP) is 1.85. The first kappa shape index (κ1) is 15.7. The molecule has 0 bridgehead atoms. The maximum absolute atomic E-state index is 10.9. The maximum atomic E-state index is 10.9. The lowest BCUT2D eigenvalue weighted by atomic mass is 10.1. The molecule has 0 spiro atoms. The summed E-state index contributed by atoms with van der Waals surface area (Å²) in [4.78, 5) is 10.9. The smallest absolute Gasteiger partial charge is 0.344 e. The number of nitrogens with two attached hydrogens (primary N) is 1. The second-order valence-corrected chi connectivity index (χ2v) is 3.50. The van der Waals surface area contributed by atoms with Crippen LogP contribution in [0.25, 0.3) is 0 Å². The molecule has 1 atom stereocenters. The van der Waals surface area contributed by atoms with Crippen molar-refractivity contribution in [1.82, 2.24) is 0 Å². The summed E-state index contributed by atoms with van der Waals surface area (Å²) in [5.41, 5.74) is 6.43. The number of para-hydroxylation sites is 1. The van der Waals surface area contributed by atoms with Crippen LogP contribution in [0.3, 0.4) is 0 Å². The zero-order valence-corrected chi connectivity index (χ0v) is 10.6. The van der Waals surface area contributed by atoms with Crippen LogP contribution in [-0.4, -0.2) is 23.7 Å². The standard InChI is InChI=1S/C12H17NO3.ClH/c1-2-10(12(14)15)16-11-6-4-3-5-9(11)7-8-13;/h3-6,10H,2,7-8,13H2,1H3,(H,14,15);1H. The van der Waals surface area contributed by atoms with Gasteiger partial charge in [-0.05, 0) is 31.0 Å². The molecule has 0 saturated heterocycles. The van der Waals surface area contributed by atoms with Crippen molar-refractivity contribution in [3.8, 4) is 5.75 Å². The van der Waals surface area contributed by atoms with Gasteiger partial charge in [-0.15, -0.1) is 12.4 Å². The van der Waals surface area contributed by atoms with Crippen molar-refractivity contribution in [2.24, 2.45) is 5.73 Å². The fourth-order valence-corrected chi connectivity index (χ4v) is 1.44. The Morgan fingerprint density at radius 2 is 2.12 bits per heavy atom. The zero-order valence-electron chi connectivity index (χ0n) is 9.76. The van der Waals surface area contributed by atoms with Gasteiger partial charge >= 0.3 is 5.97 Å². The van der Waals surface area contributed by atoms with Gasteiger partial charge in [-0.25, -0.2) is 4.79 Å². The van der Waals surface area contributed by atoms with E-state index in [2.05, 4.69) is 0 Å². The predicted molar refractivity (Wildman–Crippen MR) is 68.8 cm³/mol. The number of hydrogen-bond donors (Lipinski definition) is 2. The van der Waals surface area contributed by atoms with Crippen LogP contribution < -0.4 is 10.5 Å². The Morgan fingerprint density at radius 3 is 2.65 bits per heavy atom. The van der Waals surface area contributed by atoms with Crippen LogP contribution in [0.5, 0.6) is 5.75 Å². The van der Waals surface area contributed by atoms with Crippen LogP contribution in [0, 0.1) is 0 Å². The molecule has 0 aromatic heterocycles. The SMILES string of the molecule is CCC(Oc1ccccc1CCN)C(=O)O.Cl. The van der Waals surface area contributed by atoms with E-state index in [1.54, 1.807) is 13.0 Å². The first-order chi connectivity index (χ1) is 7.69. The van der Waals surface area contributed by atoms with Crippen molar-refractivity contribution < 1.29 is 14.6 Å². The van der Waals surface area contributed by atoms with E-state index >= 15 is 0 Å². The molecule has 3 N–H and O–H groups in total. The van der Waals surface area contributed by atoms with E-state index < -0.39 is 12.1 Å². The number of benzene rings is 1. The Bertz CT molecular complexity index is 357. The van der Waals surface area contributed by atoms with E-state index in [0.29, 0.717) is 25.1 Å². The van der Waals surface area contributed by atoms with Gasteiger partial charge in [-0.3, -0.25) is 0 Å². The number of carboxylic acids is 1. The summed E-state index contributed by atoms with van der Waals surface area (Å²) < 4.78 is 5.45. The van der Waals surface area contributed by atoms with E-state index in [1.807, 2.05) is 18.2 Å². The summed E-state index contributed by atoms with van der Waals surface area (Å²) in [5, 5.41) is 8.91. The van der Waals surface area contributed by atoms with Gasteiger partial charge in [-0.1, -0.05) is 25.1 Å². The summed E-state index contributed by atoms with van der Waals surface area (Å²) in [5.74, 6) is -0.327. The van der Waals surface area contributed by atoms with Crippen molar-refractivity contribution in [2.75, 3.05) is 6.54 Å². The van der Waals surface area contributed by atoms with E-state index in [-0.39, 0.29) is 12.4 Å². The summed E-state index contributed by atoms with van der Waals surface area (Å²) in [7, 11) is 0. The third kappa shape index (κ3) is 4.63. The first-order valence-corrected chi connectivity index (χ1v) is 5.36. The van der Waals surface area contributed by atoms with Gasteiger partial charge in [0, 0.05) is 0 Å². The van der Waals surface area contributed by atoms with Crippen LogP contribution in [0.15, 0.2) is 24.3 Å². The van der Waals surface area contributed by atoms with Gasteiger partial charge in [0.15, 0.2) is 6.10 Å². The van der Waals surface area contributed by atoms with Crippen molar-refractivity contribution in [2.45, 2.75) is 25.9 Å². The Balaban J connectivity index is 0.00000256. The molecular formula is C12H18ClNO3. The monoisotopic (exact) mass is 259 g/mol. The van der Waals surface area contributed by atoms with E-state index in [1.165, 1.54) is 0 Å². The van der Waals surface area contributed by atoms with Crippen molar-refractivity contribution in [3.63, 3.8) is 0 Å². The summed E-state index contributed by atoms with van der Waals surface area (Å²) in [6.45, 7) is 2.30. The highest BCUT2D eigenvalue weighted by Gasteiger charge is 2.17. The average molecular weight is 260 g/mol. The summed E-state index contributed by atoms with van der Waals surface area (Å²) in [6, 6.07) is 7.39. The molecule has 0 aliphatic carbocycles. The number of aliphatic carboxylic acids is 1. The van der Waals surface area contributed by atoms with Crippen LogP contribution in [0.4, 0.5) is 0 Å². The minimum absolute atomic E-state index is 0. The van der Waals surface area contributed by atoms with Gasteiger partial charge in [0.05, 0.1) is 0 Å². The van der Waals surface area contributed by atoms with Crippen LogP contribution >= 0.6 is 12.4 Å². The number of rotatable bonds is 6. The highest BCUT2D eigenvalue weighted by atomic mass is 35.5. The molecule has 0 amide bonds. The lowest BCUT2D eigenvalue weighted by molar-refractivity contribution is -0.145. The van der Waals surface area contributed by atoms with Crippen LogP contribution in [0.2, 0.25) is 0 Å². The normalized spacial score (nSPS) is 11.4. The molecule has 0 aliphatic heterocycles. The number of carboxylic acid groups (broad SMARTS) is 1. The van der Waals surface area contributed by atoms with E-state index in [9.17, 15) is 4.79 Å². The summed E-state index contributed by atoms with van der Waals surface area (Å²) in [6.07, 6.45) is 0.331. The number of ether oxygens (including phenoxy) is 1. The molecule has 5 heteroatoms. The third-order valence-electron chi connectivity index (χ3n) is 2.30. The molecule has 1 aromatic carbocycles. The Labute approximate surface area is 107 Å². The van der Waals surface area contributed by atoms with Gasteiger partial charge in [0.25, 0.3) is 0 Å². The highest BCUT2D eigenvalue weighted by molar-refractivity contribution is 5.85. The Hall–Kier alpha value is -1.26. The molecule has 0 fully saturated rings. The molecule has 96 valence electrons. The number of carbonyl (C=O) groups is 1. The van der Waals surface area contributed by atoms with E-state index in [4.69, 9.17) is 15.6 Å². The number of hydrogen-bond acceptors (Lipinski definition) is 3. The molecule has 0 saturated carbocycles. The fourth-order valence-electron chi connectivity index (χ4n) is 1.44. The molecule has 1 aromatic rings. The van der Waals surface area contributed by atoms with Gasteiger partial charge < -0.3 is 15.6 Å². The van der Waals surface area contributed by atoms with Gasteiger partial charge in [0.1, 0.15) is 5.75 Å². The minimum Gasteiger partial charge on any atom is -0.479 e. The van der Waals surface area contributed by atoms with Crippen molar-refractivity contribution >= 4 is 18.4 Å². The van der Waals surface area contributed by atoms with Crippen molar-refractivity contribution in [3.05, 3.63) is 29.8 Å². The average Bonchev–Trinajstić information content (AvgIpc) is 2.27. The summed E-state index contributed by atoms with van der Waals surface area (Å²) >= 11 is 0. The minimum atomic E-state index is -0.940. The largest absolute Gasteiger partial charge is 0.479 e.